The van der Waals surface area contributed by atoms with Crippen molar-refractivity contribution in [1.29, 1.82) is 0 Å². The number of anilines is 2. The summed E-state index contributed by atoms with van der Waals surface area (Å²) in [5, 5.41) is 7.52. The maximum atomic E-state index is 12.0. The summed E-state index contributed by atoms with van der Waals surface area (Å²) in [5.41, 5.74) is 0.466. The smallest absolute Gasteiger partial charge is 0.287 e. The van der Waals surface area contributed by atoms with Crippen molar-refractivity contribution in [2.45, 2.75) is 18.5 Å². The molecule has 9 heteroatoms. The number of aryl methyl sites for hydroxylation is 1. The molecule has 0 aliphatic carbocycles. The number of aromatic nitrogens is 4. The third kappa shape index (κ3) is 2.17. The monoisotopic (exact) mass is 374 g/mol. The van der Waals surface area contributed by atoms with Crippen LogP contribution in [0.5, 0.6) is 0 Å². The molecule has 6 heterocycles. The van der Waals surface area contributed by atoms with Crippen LogP contribution in [0.15, 0.2) is 28.8 Å². The molecule has 0 spiro atoms. The van der Waals surface area contributed by atoms with Crippen LogP contribution in [0.25, 0.3) is 10.2 Å². The lowest BCUT2D eigenvalue weighted by molar-refractivity contribution is 0.289. The molecule has 3 fully saturated rings. The summed E-state index contributed by atoms with van der Waals surface area (Å²) in [6.45, 7) is 1.61. The second kappa shape index (κ2) is 5.40. The lowest BCUT2D eigenvalue weighted by Crippen LogP contribution is -2.69. The molecule has 3 aliphatic rings. The van der Waals surface area contributed by atoms with Crippen LogP contribution < -0.4 is 15.4 Å². The van der Waals surface area contributed by atoms with E-state index in [1.54, 1.807) is 30.9 Å². The maximum Gasteiger partial charge on any atom is 0.287 e. The van der Waals surface area contributed by atoms with Crippen LogP contribution >= 0.6 is 22.9 Å². The Balaban J connectivity index is 1.46. The van der Waals surface area contributed by atoms with Gasteiger partial charge in [0.05, 0.1) is 29.4 Å². The molecule has 3 aliphatic heterocycles. The van der Waals surface area contributed by atoms with Gasteiger partial charge in [0.25, 0.3) is 5.56 Å². The highest BCUT2D eigenvalue weighted by Crippen LogP contribution is 2.41. The summed E-state index contributed by atoms with van der Waals surface area (Å²) in [6.07, 6.45) is 4.45. The number of rotatable bonds is 2. The number of piperidine rings is 1. The van der Waals surface area contributed by atoms with Gasteiger partial charge >= 0.3 is 0 Å². The van der Waals surface area contributed by atoms with E-state index in [-0.39, 0.29) is 10.6 Å². The number of thiophene rings is 1. The highest BCUT2D eigenvalue weighted by Gasteiger charge is 2.46. The van der Waals surface area contributed by atoms with E-state index < -0.39 is 0 Å². The predicted octanol–water partition coefficient (Wildman–Crippen LogP) is 1.91. The molecule has 3 aromatic rings. The van der Waals surface area contributed by atoms with Crippen molar-refractivity contribution in [2.24, 2.45) is 7.05 Å². The van der Waals surface area contributed by atoms with E-state index in [4.69, 9.17) is 11.6 Å². The van der Waals surface area contributed by atoms with Crippen LogP contribution in [0.1, 0.15) is 6.42 Å². The lowest BCUT2D eigenvalue weighted by Gasteiger charge is -2.57. The van der Waals surface area contributed by atoms with Crippen LogP contribution in [0.3, 0.4) is 0 Å². The Morgan fingerprint density at radius 1 is 1.28 bits per heavy atom. The molecule has 0 radical (unpaired) electrons. The molecule has 3 aromatic heterocycles. The molecule has 0 amide bonds. The summed E-state index contributed by atoms with van der Waals surface area (Å²) in [6, 6.07) is 2.80. The molecule has 2 unspecified atom stereocenters. The number of fused-ring (bicyclic) bond motifs is 3. The first kappa shape index (κ1) is 15.1. The van der Waals surface area contributed by atoms with E-state index in [1.807, 2.05) is 0 Å². The van der Waals surface area contributed by atoms with Gasteiger partial charge in [-0.3, -0.25) is 4.79 Å². The number of nitrogens with zero attached hydrogens (tertiary/aromatic N) is 6. The average molecular weight is 375 g/mol. The molecule has 128 valence electrons. The van der Waals surface area contributed by atoms with E-state index in [9.17, 15) is 4.79 Å². The minimum absolute atomic E-state index is 0.243. The van der Waals surface area contributed by atoms with Gasteiger partial charge in [-0.15, -0.1) is 11.3 Å². The van der Waals surface area contributed by atoms with Gasteiger partial charge in [-0.2, -0.15) is 5.10 Å². The molecule has 3 saturated heterocycles. The van der Waals surface area contributed by atoms with Crippen molar-refractivity contribution in [3.05, 3.63) is 39.3 Å². The van der Waals surface area contributed by atoms with Crippen LogP contribution in [0.2, 0.25) is 5.02 Å². The van der Waals surface area contributed by atoms with Crippen LogP contribution in [0, 0.1) is 0 Å². The van der Waals surface area contributed by atoms with E-state index in [1.165, 1.54) is 4.68 Å². The Morgan fingerprint density at radius 2 is 2.08 bits per heavy atom. The van der Waals surface area contributed by atoms with Crippen molar-refractivity contribution in [3.8, 4) is 0 Å². The summed E-state index contributed by atoms with van der Waals surface area (Å²) in [7, 11) is 1.61. The highest BCUT2D eigenvalue weighted by molar-refractivity contribution is 7.16. The Bertz CT molecular complexity index is 1020. The number of hydrogen-bond acceptors (Lipinski definition) is 7. The van der Waals surface area contributed by atoms with Gasteiger partial charge in [-0.25, -0.2) is 14.6 Å². The first-order chi connectivity index (χ1) is 12.1. The quantitative estimate of drug-likeness (QED) is 0.682. The standard InChI is InChI=1S/C16H15ClN6OS/c1-21-16(24)13(17)12(5-20-21)22-6-9-4-10(7-22)23(9)14-11-2-3-25-15(11)19-8-18-14/h2-3,5,8-10H,4,6-7H2,1H3. The molecular weight excluding hydrogens is 360 g/mol. The third-order valence-corrected chi connectivity index (χ3v) is 6.25. The van der Waals surface area contributed by atoms with Crippen molar-refractivity contribution >= 4 is 44.7 Å². The molecule has 0 aromatic carbocycles. The first-order valence-electron chi connectivity index (χ1n) is 8.07. The molecule has 2 atom stereocenters. The van der Waals surface area contributed by atoms with Gasteiger partial charge in [-0.05, 0) is 17.9 Å². The maximum absolute atomic E-state index is 12.0. The first-order valence-corrected chi connectivity index (χ1v) is 9.32. The molecule has 0 N–H and O–H groups in total. The van der Waals surface area contributed by atoms with Crippen LogP contribution in [-0.4, -0.2) is 44.9 Å². The Hall–Kier alpha value is -2.19. The highest BCUT2D eigenvalue weighted by atomic mass is 35.5. The van der Waals surface area contributed by atoms with Gasteiger partial charge in [0.15, 0.2) is 0 Å². The fourth-order valence-corrected chi connectivity index (χ4v) is 4.88. The topological polar surface area (TPSA) is 67.2 Å². The number of piperazine rings is 1. The minimum Gasteiger partial charge on any atom is -0.365 e. The van der Waals surface area contributed by atoms with Crippen LogP contribution in [0.4, 0.5) is 11.5 Å². The van der Waals surface area contributed by atoms with Gasteiger partial charge in [0.1, 0.15) is 22.0 Å². The Morgan fingerprint density at radius 3 is 2.88 bits per heavy atom. The Labute approximate surface area is 152 Å². The van der Waals surface area contributed by atoms with Gasteiger partial charge < -0.3 is 9.80 Å². The van der Waals surface area contributed by atoms with Crippen molar-refractivity contribution in [3.63, 3.8) is 0 Å². The van der Waals surface area contributed by atoms with Gasteiger partial charge in [0, 0.05) is 20.1 Å². The van der Waals surface area contributed by atoms with E-state index in [0.29, 0.717) is 12.1 Å². The number of halogens is 1. The fourth-order valence-electron chi connectivity index (χ4n) is 3.86. The second-order valence-electron chi connectivity index (χ2n) is 6.46. The normalized spacial score (nSPS) is 22.3. The van der Waals surface area contributed by atoms with E-state index in [2.05, 4.69) is 36.3 Å². The summed E-state index contributed by atoms with van der Waals surface area (Å²) in [4.78, 5) is 26.5. The molecule has 7 nitrogen and oxygen atoms in total. The third-order valence-electron chi connectivity index (χ3n) is 5.08. The van der Waals surface area contributed by atoms with Crippen molar-refractivity contribution in [1.82, 2.24) is 19.7 Å². The van der Waals surface area contributed by atoms with Crippen molar-refractivity contribution < 1.29 is 0 Å². The largest absolute Gasteiger partial charge is 0.365 e. The minimum atomic E-state index is -0.258. The van der Waals surface area contributed by atoms with Gasteiger partial charge in [0.2, 0.25) is 0 Å². The fraction of sp³-hybridized carbons (Fsp3) is 0.375. The van der Waals surface area contributed by atoms with E-state index in [0.717, 1.165) is 41.2 Å². The molecule has 25 heavy (non-hydrogen) atoms. The zero-order valence-corrected chi connectivity index (χ0v) is 15.0. The summed E-state index contributed by atoms with van der Waals surface area (Å²) >= 11 is 7.90. The zero-order valence-electron chi connectivity index (χ0n) is 13.5. The lowest BCUT2D eigenvalue weighted by atomic mass is 9.87. The predicted molar refractivity (Wildman–Crippen MR) is 98.8 cm³/mol. The van der Waals surface area contributed by atoms with E-state index >= 15 is 0 Å². The Kier molecular flexibility index (Phi) is 3.26. The zero-order chi connectivity index (χ0) is 17.1. The molecular formula is C16H15ClN6OS. The van der Waals surface area contributed by atoms with Crippen LogP contribution in [-0.2, 0) is 7.05 Å². The SMILES string of the molecule is Cn1ncc(N2CC3CC(C2)N3c2ncnc3sccc23)c(Cl)c1=O. The molecule has 6 rings (SSSR count). The summed E-state index contributed by atoms with van der Waals surface area (Å²) in [5.74, 6) is 1.01. The van der Waals surface area contributed by atoms with Crippen molar-refractivity contribution in [2.75, 3.05) is 22.9 Å². The van der Waals surface area contributed by atoms with Gasteiger partial charge in [-0.1, -0.05) is 11.6 Å². The summed E-state index contributed by atoms with van der Waals surface area (Å²) < 4.78 is 1.26. The average Bonchev–Trinajstić information content (AvgIpc) is 3.09. The molecule has 2 bridgehead atoms. The number of hydrogen-bond donors (Lipinski definition) is 0. The molecule has 0 saturated carbocycles. The second-order valence-corrected chi connectivity index (χ2v) is 7.74.